The largest absolute Gasteiger partial charge is 0.396 e. The molecule has 0 aromatic carbocycles. The van der Waals surface area contributed by atoms with E-state index in [1.165, 1.54) is 57.7 Å². The topological polar surface area (TPSA) is 37.3 Å². The van der Waals surface area contributed by atoms with Gasteiger partial charge >= 0.3 is 0 Å². The van der Waals surface area contributed by atoms with Gasteiger partial charge in [0, 0.05) is 12.0 Å². The van der Waals surface area contributed by atoms with Crippen LogP contribution in [0, 0.1) is 39.9 Å². The third-order valence-electron chi connectivity index (χ3n) is 8.82. The van der Waals surface area contributed by atoms with Gasteiger partial charge in [-0.2, -0.15) is 0 Å². The van der Waals surface area contributed by atoms with Gasteiger partial charge in [-0.3, -0.25) is 0 Å². The van der Waals surface area contributed by atoms with Gasteiger partial charge in [0.05, 0.1) is 0 Å². The van der Waals surface area contributed by atoms with Gasteiger partial charge in [-0.25, -0.2) is 0 Å². The number of hydrogen-bond acceptors (Lipinski definition) is 2. The fourth-order valence-corrected chi connectivity index (χ4v) is 7.99. The van der Waals surface area contributed by atoms with Crippen LogP contribution in [-0.2, 0) is 4.79 Å². The van der Waals surface area contributed by atoms with E-state index in [2.05, 4.69) is 13.8 Å². The van der Waals surface area contributed by atoms with Crippen LogP contribution in [0.5, 0.6) is 0 Å². The molecule has 1 spiro atoms. The minimum atomic E-state index is -0.0829. The third-order valence-corrected chi connectivity index (χ3v) is 8.82. The minimum Gasteiger partial charge on any atom is -0.396 e. The van der Waals surface area contributed by atoms with E-state index >= 15 is 0 Å². The first-order valence-corrected chi connectivity index (χ1v) is 9.55. The molecule has 0 heterocycles. The van der Waals surface area contributed by atoms with Crippen molar-refractivity contribution < 1.29 is 9.90 Å². The SMILES string of the molecule is C[C@@]12CCC[C@@](C)(C=O)[C@H]1CC[C@]13C[C@@H](CO)[C@@H](CC[C@H]12)C3. The van der Waals surface area contributed by atoms with Crippen LogP contribution in [0.15, 0.2) is 0 Å². The summed E-state index contributed by atoms with van der Waals surface area (Å²) in [5, 5.41) is 9.77. The van der Waals surface area contributed by atoms with Crippen LogP contribution in [0.25, 0.3) is 0 Å². The van der Waals surface area contributed by atoms with E-state index in [4.69, 9.17) is 0 Å². The van der Waals surface area contributed by atoms with E-state index < -0.39 is 0 Å². The van der Waals surface area contributed by atoms with Crippen LogP contribution in [0.1, 0.15) is 71.6 Å². The molecule has 1 N–H and O–H groups in total. The van der Waals surface area contributed by atoms with Crippen molar-refractivity contribution in [2.24, 2.45) is 39.9 Å². The number of aliphatic hydroxyl groups excluding tert-OH is 1. The summed E-state index contributed by atoms with van der Waals surface area (Å²) in [6, 6.07) is 0. The molecule has 0 radical (unpaired) electrons. The molecular weight excluding hydrogens is 272 g/mol. The first-order chi connectivity index (χ1) is 10.5. The highest BCUT2D eigenvalue weighted by molar-refractivity contribution is 5.60. The zero-order chi connectivity index (χ0) is 15.6. The van der Waals surface area contributed by atoms with Gasteiger partial charge in [0.15, 0.2) is 0 Å². The molecule has 124 valence electrons. The molecule has 2 heteroatoms. The van der Waals surface area contributed by atoms with E-state index in [9.17, 15) is 9.90 Å². The fourth-order valence-electron chi connectivity index (χ4n) is 7.99. The lowest BCUT2D eigenvalue weighted by atomic mass is 9.41. The van der Waals surface area contributed by atoms with Gasteiger partial charge in [-0.1, -0.05) is 20.3 Å². The van der Waals surface area contributed by atoms with Crippen molar-refractivity contribution in [3.63, 3.8) is 0 Å². The van der Waals surface area contributed by atoms with Crippen LogP contribution in [0.4, 0.5) is 0 Å². The summed E-state index contributed by atoms with van der Waals surface area (Å²) in [6.45, 7) is 5.15. The molecule has 7 atom stereocenters. The maximum atomic E-state index is 11.9. The predicted molar refractivity (Wildman–Crippen MR) is 87.3 cm³/mol. The molecule has 4 rings (SSSR count). The van der Waals surface area contributed by atoms with Crippen LogP contribution in [0.2, 0.25) is 0 Å². The molecule has 2 bridgehead atoms. The number of carbonyl (C=O) groups excluding carboxylic acids is 1. The molecule has 22 heavy (non-hydrogen) atoms. The van der Waals surface area contributed by atoms with Gasteiger partial charge in [0.1, 0.15) is 6.29 Å². The number of rotatable bonds is 2. The van der Waals surface area contributed by atoms with Gasteiger partial charge in [0.25, 0.3) is 0 Å². The van der Waals surface area contributed by atoms with Crippen molar-refractivity contribution >= 4 is 6.29 Å². The molecule has 2 nitrogen and oxygen atoms in total. The molecule has 0 saturated heterocycles. The van der Waals surface area contributed by atoms with Gasteiger partial charge in [-0.15, -0.1) is 0 Å². The van der Waals surface area contributed by atoms with Crippen molar-refractivity contribution in [3.8, 4) is 0 Å². The maximum absolute atomic E-state index is 11.9. The Hall–Kier alpha value is -0.370. The van der Waals surface area contributed by atoms with Crippen LogP contribution < -0.4 is 0 Å². The second-order valence-electron chi connectivity index (χ2n) is 9.68. The summed E-state index contributed by atoms with van der Waals surface area (Å²) >= 11 is 0. The second-order valence-corrected chi connectivity index (χ2v) is 9.68. The normalized spacial score (nSPS) is 57.0. The van der Waals surface area contributed by atoms with Crippen molar-refractivity contribution in [2.45, 2.75) is 71.6 Å². The minimum absolute atomic E-state index is 0.0829. The molecular formula is C20H32O2. The monoisotopic (exact) mass is 304 g/mol. The molecule has 4 aliphatic carbocycles. The quantitative estimate of drug-likeness (QED) is 0.776. The Morgan fingerprint density at radius 2 is 1.86 bits per heavy atom. The zero-order valence-corrected chi connectivity index (χ0v) is 14.3. The van der Waals surface area contributed by atoms with Crippen LogP contribution >= 0.6 is 0 Å². The summed E-state index contributed by atoms with van der Waals surface area (Å²) < 4.78 is 0. The molecule has 0 amide bonds. The molecule has 4 fully saturated rings. The highest BCUT2D eigenvalue weighted by Crippen LogP contribution is 2.72. The summed E-state index contributed by atoms with van der Waals surface area (Å²) in [5.41, 5.74) is 0.782. The number of aldehydes is 1. The lowest BCUT2D eigenvalue weighted by molar-refractivity contribution is -0.157. The van der Waals surface area contributed by atoms with Gasteiger partial charge < -0.3 is 9.90 Å². The second kappa shape index (κ2) is 4.82. The molecule has 0 aliphatic heterocycles. The number of hydrogen-bond donors (Lipinski definition) is 1. The van der Waals surface area contributed by atoms with Gasteiger partial charge in [0.2, 0.25) is 0 Å². The van der Waals surface area contributed by atoms with Crippen molar-refractivity contribution in [3.05, 3.63) is 0 Å². The predicted octanol–water partition coefficient (Wildman–Crippen LogP) is 4.21. The zero-order valence-electron chi connectivity index (χ0n) is 14.3. The number of aliphatic hydroxyl groups is 1. The summed E-state index contributed by atoms with van der Waals surface area (Å²) in [5.74, 6) is 2.73. The third kappa shape index (κ3) is 1.79. The van der Waals surface area contributed by atoms with E-state index in [1.54, 1.807) is 0 Å². The molecule has 0 aromatic rings. The summed E-state index contributed by atoms with van der Waals surface area (Å²) in [4.78, 5) is 11.9. The standard InChI is InChI=1S/C20H32O2/c1-18(13-22)7-3-8-19(2)16(18)6-9-20-10-14(4-5-17(19)20)15(11-20)12-21/h13-17,21H,3-12H2,1-2H3/t14-,15-,16+,17-,18-,19+,20-/m0/s1. The Bertz CT molecular complexity index is 474. The highest BCUT2D eigenvalue weighted by Gasteiger charge is 2.64. The lowest BCUT2D eigenvalue weighted by Crippen LogP contribution is -2.56. The summed E-state index contributed by atoms with van der Waals surface area (Å²) in [7, 11) is 0. The van der Waals surface area contributed by atoms with E-state index in [0.717, 1.165) is 18.3 Å². The Balaban J connectivity index is 1.70. The van der Waals surface area contributed by atoms with Crippen molar-refractivity contribution in [1.82, 2.24) is 0 Å². The number of fused-ring (bicyclic) bond motifs is 3. The first-order valence-electron chi connectivity index (χ1n) is 9.55. The lowest BCUT2D eigenvalue weighted by Gasteiger charge is -2.63. The van der Waals surface area contributed by atoms with E-state index in [0.29, 0.717) is 29.3 Å². The molecule has 0 unspecified atom stereocenters. The van der Waals surface area contributed by atoms with Crippen LogP contribution in [-0.4, -0.2) is 18.0 Å². The maximum Gasteiger partial charge on any atom is 0.126 e. The molecule has 4 aliphatic rings. The average Bonchev–Trinajstić information content (AvgIpc) is 2.77. The molecule has 0 aromatic heterocycles. The van der Waals surface area contributed by atoms with E-state index in [1.807, 2.05) is 0 Å². The summed E-state index contributed by atoms with van der Waals surface area (Å²) in [6.07, 6.45) is 12.8. The Labute approximate surface area is 135 Å². The average molecular weight is 304 g/mol. The first kappa shape index (κ1) is 15.2. The van der Waals surface area contributed by atoms with Gasteiger partial charge in [-0.05, 0) is 85.9 Å². The van der Waals surface area contributed by atoms with Crippen LogP contribution in [0.3, 0.4) is 0 Å². The van der Waals surface area contributed by atoms with E-state index in [-0.39, 0.29) is 5.41 Å². The van der Waals surface area contributed by atoms with Crippen molar-refractivity contribution in [2.75, 3.05) is 6.61 Å². The smallest absolute Gasteiger partial charge is 0.126 e. The van der Waals surface area contributed by atoms with Crippen molar-refractivity contribution in [1.29, 1.82) is 0 Å². The Kier molecular flexibility index (Phi) is 3.32. The molecule has 4 saturated carbocycles. The fraction of sp³-hybridized carbons (Fsp3) is 0.950. The Morgan fingerprint density at radius 3 is 2.59 bits per heavy atom. The number of carbonyl (C=O) groups is 1. The highest BCUT2D eigenvalue weighted by atomic mass is 16.3. The Morgan fingerprint density at radius 1 is 1.05 bits per heavy atom.